The number of piperazine rings is 1. The van der Waals surface area contributed by atoms with E-state index in [2.05, 4.69) is 41.6 Å². The van der Waals surface area contributed by atoms with E-state index in [1.165, 1.54) is 0 Å². The Morgan fingerprint density at radius 1 is 0.920 bits per heavy atom. The highest BCUT2D eigenvalue weighted by Crippen LogP contribution is 2.23. The van der Waals surface area contributed by atoms with Gasteiger partial charge in [0.2, 0.25) is 5.95 Å². The summed E-state index contributed by atoms with van der Waals surface area (Å²) in [6, 6.07) is 2.00. The van der Waals surface area contributed by atoms with Crippen LogP contribution < -0.4 is 9.80 Å². The molecule has 1 aliphatic heterocycles. The molecule has 0 radical (unpaired) electrons. The summed E-state index contributed by atoms with van der Waals surface area (Å²) in [7, 11) is 0. The van der Waals surface area contributed by atoms with Crippen molar-refractivity contribution in [2.24, 2.45) is 0 Å². The van der Waals surface area contributed by atoms with Crippen LogP contribution in [0.15, 0.2) is 18.7 Å². The number of imidazole rings is 1. The fourth-order valence-electron chi connectivity index (χ4n) is 3.30. The van der Waals surface area contributed by atoms with Gasteiger partial charge in [0.15, 0.2) is 17.0 Å². The number of nitrogens with zero attached hydrogens (tertiary/aromatic N) is 8. The molecule has 1 fully saturated rings. The van der Waals surface area contributed by atoms with E-state index < -0.39 is 0 Å². The van der Waals surface area contributed by atoms with Crippen molar-refractivity contribution in [3.63, 3.8) is 0 Å². The Morgan fingerprint density at radius 2 is 1.60 bits per heavy atom. The molecule has 1 aliphatic rings. The van der Waals surface area contributed by atoms with Crippen LogP contribution >= 0.6 is 0 Å². The first-order valence-electron chi connectivity index (χ1n) is 8.63. The molecule has 0 amide bonds. The van der Waals surface area contributed by atoms with E-state index in [4.69, 9.17) is 0 Å². The second-order valence-electron chi connectivity index (χ2n) is 6.32. The molecule has 0 aromatic carbocycles. The molecule has 0 unspecified atom stereocenters. The second-order valence-corrected chi connectivity index (χ2v) is 6.32. The van der Waals surface area contributed by atoms with E-state index in [1.807, 2.05) is 30.8 Å². The number of rotatable bonds is 3. The molecule has 3 aromatic rings. The van der Waals surface area contributed by atoms with Crippen molar-refractivity contribution in [3.05, 3.63) is 30.1 Å². The Labute approximate surface area is 146 Å². The van der Waals surface area contributed by atoms with Crippen LogP contribution in [0.4, 0.5) is 11.8 Å². The molecule has 1 saturated heterocycles. The summed E-state index contributed by atoms with van der Waals surface area (Å²) in [6.07, 6.45) is 3.47. The third kappa shape index (κ3) is 2.88. The molecule has 25 heavy (non-hydrogen) atoms. The number of aryl methyl sites for hydroxylation is 3. The summed E-state index contributed by atoms with van der Waals surface area (Å²) in [6.45, 7) is 10.4. The van der Waals surface area contributed by atoms with Gasteiger partial charge in [0.25, 0.3) is 0 Å². The molecule has 0 bridgehead atoms. The molecule has 4 heterocycles. The van der Waals surface area contributed by atoms with Gasteiger partial charge in [-0.25, -0.2) is 24.9 Å². The smallest absolute Gasteiger partial charge is 0.225 e. The van der Waals surface area contributed by atoms with Crippen LogP contribution in [0.5, 0.6) is 0 Å². The number of hydrogen-bond acceptors (Lipinski definition) is 7. The van der Waals surface area contributed by atoms with Gasteiger partial charge in [0.05, 0.1) is 6.33 Å². The molecule has 130 valence electrons. The molecule has 0 N–H and O–H groups in total. The lowest BCUT2D eigenvalue weighted by Crippen LogP contribution is -2.47. The van der Waals surface area contributed by atoms with Crippen LogP contribution in [-0.2, 0) is 6.54 Å². The highest BCUT2D eigenvalue weighted by atomic mass is 15.3. The zero-order valence-electron chi connectivity index (χ0n) is 14.8. The van der Waals surface area contributed by atoms with Gasteiger partial charge in [-0.15, -0.1) is 0 Å². The van der Waals surface area contributed by atoms with E-state index in [1.54, 1.807) is 6.33 Å². The minimum atomic E-state index is 0.820. The summed E-state index contributed by atoms with van der Waals surface area (Å²) in [5.41, 5.74) is 3.79. The SMILES string of the molecule is CCn1cnc2c(N3CCN(c4nc(C)cc(C)n4)CC3)ncnc21. The Hall–Kier alpha value is -2.77. The van der Waals surface area contributed by atoms with Crippen LogP contribution in [0, 0.1) is 13.8 Å². The zero-order chi connectivity index (χ0) is 17.4. The predicted molar refractivity (Wildman–Crippen MR) is 96.9 cm³/mol. The van der Waals surface area contributed by atoms with E-state index in [9.17, 15) is 0 Å². The normalized spacial score (nSPS) is 15.2. The lowest BCUT2D eigenvalue weighted by atomic mass is 10.3. The first-order valence-corrected chi connectivity index (χ1v) is 8.63. The van der Waals surface area contributed by atoms with E-state index in [-0.39, 0.29) is 0 Å². The van der Waals surface area contributed by atoms with Crippen molar-refractivity contribution in [2.75, 3.05) is 36.0 Å². The van der Waals surface area contributed by atoms with Crippen molar-refractivity contribution < 1.29 is 0 Å². The number of anilines is 2. The molecule has 4 rings (SSSR count). The molecule has 3 aromatic heterocycles. The van der Waals surface area contributed by atoms with E-state index in [0.717, 1.165) is 67.0 Å². The zero-order valence-corrected chi connectivity index (χ0v) is 14.8. The molecular formula is C17H22N8. The van der Waals surface area contributed by atoms with Gasteiger partial charge in [0, 0.05) is 44.1 Å². The fraction of sp³-hybridized carbons (Fsp3) is 0.471. The molecular weight excluding hydrogens is 316 g/mol. The fourth-order valence-corrected chi connectivity index (χ4v) is 3.30. The monoisotopic (exact) mass is 338 g/mol. The van der Waals surface area contributed by atoms with E-state index in [0.29, 0.717) is 0 Å². The van der Waals surface area contributed by atoms with Crippen LogP contribution in [0.2, 0.25) is 0 Å². The highest BCUT2D eigenvalue weighted by molar-refractivity contribution is 5.83. The third-order valence-electron chi connectivity index (χ3n) is 4.56. The Morgan fingerprint density at radius 3 is 2.28 bits per heavy atom. The summed E-state index contributed by atoms with van der Waals surface area (Å²) in [5.74, 6) is 1.73. The predicted octanol–water partition coefficient (Wildman–Crippen LogP) is 1.58. The summed E-state index contributed by atoms with van der Waals surface area (Å²) >= 11 is 0. The van der Waals surface area contributed by atoms with Gasteiger partial charge >= 0.3 is 0 Å². The van der Waals surface area contributed by atoms with Gasteiger partial charge in [0.1, 0.15) is 6.33 Å². The first kappa shape index (κ1) is 15.7. The van der Waals surface area contributed by atoms with E-state index >= 15 is 0 Å². The highest BCUT2D eigenvalue weighted by Gasteiger charge is 2.23. The molecule has 0 spiro atoms. The Kier molecular flexibility index (Phi) is 3.95. The average Bonchev–Trinajstić information content (AvgIpc) is 3.04. The molecule has 0 saturated carbocycles. The summed E-state index contributed by atoms with van der Waals surface area (Å²) in [5, 5.41) is 0. The number of hydrogen-bond donors (Lipinski definition) is 0. The van der Waals surface area contributed by atoms with Crippen LogP contribution in [-0.4, -0.2) is 55.7 Å². The molecule has 0 aliphatic carbocycles. The largest absolute Gasteiger partial charge is 0.351 e. The quantitative estimate of drug-likeness (QED) is 0.717. The van der Waals surface area contributed by atoms with Gasteiger partial charge < -0.3 is 14.4 Å². The Balaban J connectivity index is 1.55. The van der Waals surface area contributed by atoms with Crippen molar-refractivity contribution >= 4 is 22.9 Å². The maximum Gasteiger partial charge on any atom is 0.225 e. The van der Waals surface area contributed by atoms with Gasteiger partial charge in [-0.1, -0.05) is 0 Å². The molecule has 0 atom stereocenters. The molecule has 8 heteroatoms. The summed E-state index contributed by atoms with van der Waals surface area (Å²) in [4.78, 5) is 27.1. The lowest BCUT2D eigenvalue weighted by Gasteiger charge is -2.35. The van der Waals surface area contributed by atoms with Crippen molar-refractivity contribution in [2.45, 2.75) is 27.3 Å². The van der Waals surface area contributed by atoms with Crippen molar-refractivity contribution in [1.82, 2.24) is 29.5 Å². The maximum atomic E-state index is 4.57. The van der Waals surface area contributed by atoms with Gasteiger partial charge in [-0.05, 0) is 26.8 Å². The van der Waals surface area contributed by atoms with Crippen LogP contribution in [0.3, 0.4) is 0 Å². The minimum Gasteiger partial charge on any atom is -0.351 e. The van der Waals surface area contributed by atoms with Crippen molar-refractivity contribution in [3.8, 4) is 0 Å². The number of aromatic nitrogens is 6. The average molecular weight is 338 g/mol. The topological polar surface area (TPSA) is 75.9 Å². The van der Waals surface area contributed by atoms with Gasteiger partial charge in [-0.2, -0.15) is 0 Å². The summed E-state index contributed by atoms with van der Waals surface area (Å²) < 4.78 is 2.04. The standard InChI is InChI=1S/C17H22N8/c1-4-23-11-20-14-15(23)18-10-19-16(14)24-5-7-25(8-6-24)17-21-12(2)9-13(3)22-17/h9-11H,4-8H2,1-3H3. The second kappa shape index (κ2) is 6.27. The number of fused-ring (bicyclic) bond motifs is 1. The van der Waals surface area contributed by atoms with Crippen molar-refractivity contribution in [1.29, 1.82) is 0 Å². The minimum absolute atomic E-state index is 0.820. The molecule has 8 nitrogen and oxygen atoms in total. The third-order valence-corrected chi connectivity index (χ3v) is 4.56. The lowest BCUT2D eigenvalue weighted by molar-refractivity contribution is 0.633. The Bertz CT molecular complexity index is 875. The van der Waals surface area contributed by atoms with Crippen LogP contribution in [0.25, 0.3) is 11.2 Å². The first-order chi connectivity index (χ1) is 12.2. The van der Waals surface area contributed by atoms with Gasteiger partial charge in [-0.3, -0.25) is 0 Å². The maximum absolute atomic E-state index is 4.57. The van der Waals surface area contributed by atoms with Crippen LogP contribution in [0.1, 0.15) is 18.3 Å².